The Balaban J connectivity index is 2.65. The molecule has 1 atom stereocenters. The molecule has 1 saturated heterocycles. The molecule has 1 N–H and O–H groups in total. The fraction of sp³-hybridized carbons (Fsp3) is 1.00. The smallest absolute Gasteiger partial charge is 0.0746 e. The van der Waals surface area contributed by atoms with Crippen LogP contribution in [0.2, 0.25) is 0 Å². The number of hydrogen-bond acceptors (Lipinski definition) is 2. The summed E-state index contributed by atoms with van der Waals surface area (Å²) >= 11 is 0. The van der Waals surface area contributed by atoms with Crippen molar-refractivity contribution in [3.8, 4) is 0 Å². The average Bonchev–Trinajstić information content (AvgIpc) is 2.31. The molecule has 0 saturated carbocycles. The maximum atomic E-state index is 10.5. The Bertz CT molecular complexity index is 193. The van der Waals surface area contributed by atoms with Crippen molar-refractivity contribution in [2.24, 2.45) is 5.92 Å². The van der Waals surface area contributed by atoms with E-state index < -0.39 is 0 Å². The van der Waals surface area contributed by atoms with E-state index in [0.29, 0.717) is 5.92 Å². The van der Waals surface area contributed by atoms with E-state index in [4.69, 9.17) is 0 Å². The lowest BCUT2D eigenvalue weighted by molar-refractivity contribution is -0.0510. The van der Waals surface area contributed by atoms with E-state index in [1.165, 1.54) is 19.3 Å². The van der Waals surface area contributed by atoms with E-state index in [1.54, 1.807) is 0 Å². The van der Waals surface area contributed by atoms with Crippen LogP contribution in [0.15, 0.2) is 0 Å². The predicted molar refractivity (Wildman–Crippen MR) is 69.6 cm³/mol. The van der Waals surface area contributed by atoms with Gasteiger partial charge in [0.2, 0.25) is 0 Å². The third-order valence-electron chi connectivity index (χ3n) is 4.39. The van der Waals surface area contributed by atoms with Gasteiger partial charge in [-0.15, -0.1) is 0 Å². The van der Waals surface area contributed by atoms with Gasteiger partial charge in [0.1, 0.15) is 0 Å². The Morgan fingerprint density at radius 3 is 2.00 bits per heavy atom. The van der Waals surface area contributed by atoms with Gasteiger partial charge in [-0.25, -0.2) is 0 Å². The summed E-state index contributed by atoms with van der Waals surface area (Å²) in [6, 6.07) is 0. The maximum Gasteiger partial charge on any atom is 0.0746 e. The maximum absolute atomic E-state index is 10.5. The molecule has 0 amide bonds. The average molecular weight is 227 g/mol. The van der Waals surface area contributed by atoms with Crippen LogP contribution >= 0.6 is 0 Å². The number of rotatable bonds is 5. The molecule has 0 radical (unpaired) electrons. The number of likely N-dealkylation sites (tertiary alicyclic amines) is 1. The summed E-state index contributed by atoms with van der Waals surface area (Å²) in [5, 5.41) is 10.5. The lowest BCUT2D eigenvalue weighted by atomic mass is 9.82. The number of hydrogen-bond donors (Lipinski definition) is 1. The van der Waals surface area contributed by atoms with Crippen molar-refractivity contribution in [1.82, 2.24) is 4.90 Å². The van der Waals surface area contributed by atoms with Crippen LogP contribution in [0, 0.1) is 5.92 Å². The predicted octanol–water partition coefficient (Wildman–Crippen LogP) is 3.05. The second-order valence-electron chi connectivity index (χ2n) is 5.72. The summed E-state index contributed by atoms with van der Waals surface area (Å²) in [4.78, 5) is 2.49. The second-order valence-corrected chi connectivity index (χ2v) is 5.72. The molecular weight excluding hydrogens is 198 g/mol. The van der Waals surface area contributed by atoms with Gasteiger partial charge in [-0.2, -0.15) is 0 Å². The number of nitrogens with zero attached hydrogens (tertiary/aromatic N) is 1. The topological polar surface area (TPSA) is 23.5 Å². The normalized spacial score (nSPS) is 21.4. The molecule has 1 aliphatic rings. The molecule has 0 aliphatic carbocycles. The molecule has 0 spiro atoms. The minimum atomic E-state index is -0.194. The van der Waals surface area contributed by atoms with Gasteiger partial charge in [0, 0.05) is 5.54 Å². The van der Waals surface area contributed by atoms with Crippen LogP contribution in [-0.2, 0) is 0 Å². The first-order chi connectivity index (χ1) is 7.54. The van der Waals surface area contributed by atoms with Crippen molar-refractivity contribution < 1.29 is 5.11 Å². The molecule has 96 valence electrons. The zero-order chi connectivity index (χ0) is 12.2. The number of piperidine rings is 1. The van der Waals surface area contributed by atoms with Crippen LogP contribution in [0.4, 0.5) is 0 Å². The summed E-state index contributed by atoms with van der Waals surface area (Å²) < 4.78 is 0. The highest BCUT2D eigenvalue weighted by atomic mass is 16.3. The molecule has 1 rings (SSSR count). The summed E-state index contributed by atoms with van der Waals surface area (Å²) in [6.07, 6.45) is 5.90. The highest BCUT2D eigenvalue weighted by molar-refractivity contribution is 4.92. The van der Waals surface area contributed by atoms with E-state index in [9.17, 15) is 5.11 Å². The summed E-state index contributed by atoms with van der Waals surface area (Å²) in [5.41, 5.74) is -0.0584. The van der Waals surface area contributed by atoms with Crippen molar-refractivity contribution in [3.63, 3.8) is 0 Å². The zero-order valence-corrected chi connectivity index (χ0v) is 11.5. The molecule has 16 heavy (non-hydrogen) atoms. The van der Waals surface area contributed by atoms with Gasteiger partial charge in [0.15, 0.2) is 0 Å². The van der Waals surface area contributed by atoms with Crippen molar-refractivity contribution >= 4 is 0 Å². The molecule has 2 heteroatoms. The summed E-state index contributed by atoms with van der Waals surface area (Å²) in [7, 11) is 0. The third-order valence-corrected chi connectivity index (χ3v) is 4.39. The monoisotopic (exact) mass is 227 g/mol. The third kappa shape index (κ3) is 2.98. The molecule has 1 unspecified atom stereocenters. The summed E-state index contributed by atoms with van der Waals surface area (Å²) in [5.74, 6) is 0.442. The van der Waals surface area contributed by atoms with E-state index in [0.717, 1.165) is 25.9 Å². The number of aliphatic hydroxyl groups excluding tert-OH is 1. The van der Waals surface area contributed by atoms with Crippen LogP contribution in [0.25, 0.3) is 0 Å². The highest BCUT2D eigenvalue weighted by Crippen LogP contribution is 2.30. The van der Waals surface area contributed by atoms with E-state index in [1.807, 2.05) is 0 Å². The minimum Gasteiger partial charge on any atom is -0.391 e. The Morgan fingerprint density at radius 1 is 1.06 bits per heavy atom. The molecule has 0 bridgehead atoms. The van der Waals surface area contributed by atoms with Gasteiger partial charge < -0.3 is 5.11 Å². The van der Waals surface area contributed by atoms with Gasteiger partial charge in [-0.05, 0) is 45.7 Å². The largest absolute Gasteiger partial charge is 0.391 e. The quantitative estimate of drug-likeness (QED) is 0.780. The van der Waals surface area contributed by atoms with Crippen LogP contribution < -0.4 is 0 Å². The van der Waals surface area contributed by atoms with Crippen molar-refractivity contribution in [2.45, 2.75) is 71.4 Å². The Kier molecular flexibility index (Phi) is 5.26. The SMILES string of the molecule is CCC(CC)C(O)C(C)(C)N1CCCCC1. The van der Waals surface area contributed by atoms with Crippen LogP contribution in [0.1, 0.15) is 59.8 Å². The molecule has 1 fully saturated rings. The standard InChI is InChI=1S/C14H29NO/c1-5-12(6-2)13(16)14(3,4)15-10-8-7-9-11-15/h12-13,16H,5-11H2,1-4H3. The lowest BCUT2D eigenvalue weighted by Gasteiger charge is -2.46. The van der Waals surface area contributed by atoms with E-state index >= 15 is 0 Å². The van der Waals surface area contributed by atoms with Gasteiger partial charge in [0.25, 0.3) is 0 Å². The van der Waals surface area contributed by atoms with Crippen molar-refractivity contribution in [2.75, 3.05) is 13.1 Å². The molecule has 2 nitrogen and oxygen atoms in total. The van der Waals surface area contributed by atoms with Gasteiger partial charge in [0.05, 0.1) is 6.10 Å². The van der Waals surface area contributed by atoms with Crippen LogP contribution in [-0.4, -0.2) is 34.7 Å². The zero-order valence-electron chi connectivity index (χ0n) is 11.5. The van der Waals surface area contributed by atoms with Crippen LogP contribution in [0.5, 0.6) is 0 Å². The highest BCUT2D eigenvalue weighted by Gasteiger charge is 2.37. The van der Waals surface area contributed by atoms with Gasteiger partial charge in [-0.3, -0.25) is 4.90 Å². The Hall–Kier alpha value is -0.0800. The minimum absolute atomic E-state index is 0.0584. The van der Waals surface area contributed by atoms with Crippen molar-refractivity contribution in [1.29, 1.82) is 0 Å². The van der Waals surface area contributed by atoms with Gasteiger partial charge >= 0.3 is 0 Å². The molecule has 1 aliphatic heterocycles. The Labute approximate surface area is 101 Å². The fourth-order valence-corrected chi connectivity index (χ4v) is 2.97. The molecule has 0 aromatic rings. The van der Waals surface area contributed by atoms with E-state index in [-0.39, 0.29) is 11.6 Å². The lowest BCUT2D eigenvalue weighted by Crippen LogP contribution is -2.56. The summed E-state index contributed by atoms with van der Waals surface area (Å²) in [6.45, 7) is 11.1. The molecule has 0 aromatic carbocycles. The first kappa shape index (κ1) is 14.0. The van der Waals surface area contributed by atoms with Gasteiger partial charge in [-0.1, -0.05) is 33.1 Å². The Morgan fingerprint density at radius 2 is 1.56 bits per heavy atom. The second kappa shape index (κ2) is 6.02. The first-order valence-corrected chi connectivity index (χ1v) is 6.97. The van der Waals surface area contributed by atoms with Crippen molar-refractivity contribution in [3.05, 3.63) is 0 Å². The molecule has 1 heterocycles. The van der Waals surface area contributed by atoms with E-state index in [2.05, 4.69) is 32.6 Å². The fourth-order valence-electron chi connectivity index (χ4n) is 2.97. The van der Waals surface area contributed by atoms with Crippen LogP contribution in [0.3, 0.4) is 0 Å². The first-order valence-electron chi connectivity index (χ1n) is 6.97. The molecule has 0 aromatic heterocycles. The number of aliphatic hydroxyl groups is 1. The molecular formula is C14H29NO.